The van der Waals surface area contributed by atoms with Crippen LogP contribution in [-0.4, -0.2) is 34.0 Å². The summed E-state index contributed by atoms with van der Waals surface area (Å²) in [5.41, 5.74) is 10.1. The van der Waals surface area contributed by atoms with Gasteiger partial charge in [-0.25, -0.2) is 0 Å². The number of aryl methyl sites for hydroxylation is 2. The molecule has 50 heavy (non-hydrogen) atoms. The van der Waals surface area contributed by atoms with Crippen molar-refractivity contribution in [2.24, 2.45) is 0 Å². The Morgan fingerprint density at radius 1 is 0.620 bits per heavy atom. The lowest BCUT2D eigenvalue weighted by molar-refractivity contribution is 0.0920. The summed E-state index contributed by atoms with van der Waals surface area (Å²) in [6.45, 7) is 6.36. The van der Waals surface area contributed by atoms with Gasteiger partial charge in [-0.2, -0.15) is 15.8 Å². The van der Waals surface area contributed by atoms with Crippen molar-refractivity contribution in [2.75, 3.05) is 13.1 Å². The molecule has 0 spiro atoms. The minimum Gasteiger partial charge on any atom is -0.349 e. The van der Waals surface area contributed by atoms with Crippen molar-refractivity contribution >= 4 is 56.8 Å². The maximum atomic E-state index is 12.3. The first kappa shape index (κ1) is 32.5. The Bertz CT molecular complexity index is 2560. The molecule has 4 heterocycles. The Balaban J connectivity index is 0.000000157. The fourth-order valence-electron chi connectivity index (χ4n) is 7.06. The summed E-state index contributed by atoms with van der Waals surface area (Å²) in [5, 5.41) is 36.5. The highest BCUT2D eigenvalue weighted by molar-refractivity contribution is 6.36. The van der Waals surface area contributed by atoms with E-state index in [1.165, 1.54) is 0 Å². The van der Waals surface area contributed by atoms with E-state index in [0.29, 0.717) is 64.3 Å². The second kappa shape index (κ2) is 12.8. The van der Waals surface area contributed by atoms with Crippen LogP contribution in [0.2, 0.25) is 10.0 Å². The second-order valence-corrected chi connectivity index (χ2v) is 13.0. The van der Waals surface area contributed by atoms with E-state index in [4.69, 9.17) is 28.5 Å². The van der Waals surface area contributed by atoms with Gasteiger partial charge < -0.3 is 19.8 Å². The summed E-state index contributed by atoms with van der Waals surface area (Å²) in [5.74, 6) is -0.171. The van der Waals surface area contributed by atoms with Gasteiger partial charge in [-0.15, -0.1) is 0 Å². The summed E-state index contributed by atoms with van der Waals surface area (Å²) in [4.78, 5) is 24.7. The monoisotopic (exact) mass is 695 g/mol. The number of aromatic nitrogens is 2. The van der Waals surface area contributed by atoms with E-state index in [1.54, 1.807) is 24.3 Å². The minimum absolute atomic E-state index is 0.0794. The molecule has 0 atom stereocenters. The number of benzene rings is 4. The number of hydrogen-bond donors (Lipinski definition) is 2. The molecule has 6 aromatic rings. The zero-order chi connectivity index (χ0) is 35.3. The number of hydrogen-bond acceptors (Lipinski definition) is 5. The molecule has 0 radical (unpaired) electrons. The minimum atomic E-state index is -0.0911. The van der Waals surface area contributed by atoms with Gasteiger partial charge in [0.2, 0.25) is 0 Å². The molecule has 9 nitrogen and oxygen atoms in total. The lowest BCUT2D eigenvalue weighted by Crippen LogP contribution is -2.35. The fourth-order valence-corrected chi connectivity index (χ4v) is 7.57. The highest BCUT2D eigenvalue weighted by Crippen LogP contribution is 2.40. The van der Waals surface area contributed by atoms with Crippen molar-refractivity contribution in [3.63, 3.8) is 0 Å². The molecule has 2 amide bonds. The fraction of sp³-hybridized carbons (Fsp3) is 0.154. The van der Waals surface area contributed by atoms with Crippen molar-refractivity contribution in [1.82, 2.24) is 19.8 Å². The summed E-state index contributed by atoms with van der Waals surface area (Å²) < 4.78 is 4.06. The number of nitrogens with zero attached hydrogens (tertiary/aromatic N) is 5. The van der Waals surface area contributed by atoms with Gasteiger partial charge in [-0.05, 0) is 79.1 Å². The topological polar surface area (TPSA) is 139 Å². The summed E-state index contributed by atoms with van der Waals surface area (Å²) in [6.07, 6.45) is 0. The number of nitriles is 3. The second-order valence-electron chi connectivity index (χ2n) is 12.1. The van der Waals surface area contributed by atoms with Gasteiger partial charge in [0.1, 0.15) is 11.4 Å². The number of carbonyl (C=O) groups excluding carboxylic acids is 2. The molecule has 2 aromatic heterocycles. The van der Waals surface area contributed by atoms with Crippen molar-refractivity contribution in [2.45, 2.75) is 26.9 Å². The molecule has 2 N–H and O–H groups in total. The highest BCUT2D eigenvalue weighted by atomic mass is 35.5. The van der Waals surface area contributed by atoms with Crippen LogP contribution in [-0.2, 0) is 13.1 Å². The molecule has 2 aliphatic rings. The summed E-state index contributed by atoms with van der Waals surface area (Å²) in [6, 6.07) is 26.5. The Hall–Kier alpha value is -6.05. The lowest BCUT2D eigenvalue weighted by Gasteiger charge is -2.19. The third-order valence-corrected chi connectivity index (χ3v) is 9.84. The van der Waals surface area contributed by atoms with Crippen molar-refractivity contribution in [3.8, 4) is 40.5 Å². The molecule has 4 aromatic carbocycles. The van der Waals surface area contributed by atoms with E-state index in [9.17, 15) is 20.1 Å². The van der Waals surface area contributed by atoms with Crippen LogP contribution in [0.25, 0.3) is 44.1 Å². The van der Waals surface area contributed by atoms with E-state index in [-0.39, 0.29) is 11.8 Å². The highest BCUT2D eigenvalue weighted by Gasteiger charge is 2.27. The van der Waals surface area contributed by atoms with Crippen LogP contribution in [0.4, 0.5) is 0 Å². The van der Waals surface area contributed by atoms with Gasteiger partial charge in [0.25, 0.3) is 11.8 Å². The average Bonchev–Trinajstić information content (AvgIpc) is 3.59. The number of halogens is 2. The van der Waals surface area contributed by atoms with E-state index in [1.807, 2.05) is 65.4 Å². The molecule has 0 unspecified atom stereocenters. The molecule has 8 rings (SSSR count). The molecule has 0 saturated heterocycles. The quantitative estimate of drug-likeness (QED) is 0.192. The smallest absolute Gasteiger partial charge is 0.268 e. The number of fused-ring (bicyclic) bond motifs is 6. The molecule has 0 fully saturated rings. The largest absolute Gasteiger partial charge is 0.349 e. The third-order valence-electron chi connectivity index (χ3n) is 9.29. The Labute approximate surface area is 297 Å². The normalized spacial score (nSPS) is 13.2. The Kier molecular flexibility index (Phi) is 8.30. The molecule has 11 heteroatoms. The SMILES string of the molecule is Cc1c2n(c3c(-c4ccc(C#N)cc4)cc(C#N)cc13)CCNC2=O.Cc1c2n(c3c(-c4ccc(Cl)cc4Cl)cc(C#N)cc13)CCNC2=O. The van der Waals surface area contributed by atoms with Gasteiger partial charge in [0.15, 0.2) is 0 Å². The Morgan fingerprint density at radius 3 is 1.62 bits per heavy atom. The predicted molar refractivity (Wildman–Crippen MR) is 193 cm³/mol. The molecule has 0 aliphatic carbocycles. The van der Waals surface area contributed by atoms with E-state index < -0.39 is 0 Å². The van der Waals surface area contributed by atoms with Crippen molar-refractivity contribution in [1.29, 1.82) is 15.8 Å². The van der Waals surface area contributed by atoms with Crippen LogP contribution in [0, 0.1) is 47.8 Å². The van der Waals surface area contributed by atoms with Gasteiger partial charge in [-0.3, -0.25) is 9.59 Å². The van der Waals surface area contributed by atoms with Gasteiger partial charge in [0.05, 0.1) is 45.9 Å². The molecule has 0 bridgehead atoms. The summed E-state index contributed by atoms with van der Waals surface area (Å²) in [7, 11) is 0. The van der Waals surface area contributed by atoms with Crippen LogP contribution >= 0.6 is 23.2 Å². The zero-order valence-electron chi connectivity index (χ0n) is 27.0. The number of nitrogens with one attached hydrogen (secondary N) is 2. The molecule has 244 valence electrons. The standard InChI is InChI=1S/C20H14N4O.C19H13Cl2N3O/c1-12-16-8-14(11-22)9-17(15-4-2-13(10-21)3-5-15)19(16)24-7-6-23-20(25)18(12)24;1-10-14-6-11(9-22)7-15(13-3-2-12(20)8-16(13)21)18(14)24-5-4-23-19(25)17(10)24/h2-5,8-9H,6-7H2,1H3,(H,23,25);2-3,6-8H,4-5H2,1H3,(H,23,25). The third kappa shape index (κ3) is 5.32. The molecule has 0 saturated carbocycles. The van der Waals surface area contributed by atoms with Crippen LogP contribution in [0.5, 0.6) is 0 Å². The van der Waals surface area contributed by atoms with Crippen LogP contribution in [0.3, 0.4) is 0 Å². The van der Waals surface area contributed by atoms with Crippen molar-refractivity contribution in [3.05, 3.63) is 116 Å². The number of carbonyl (C=O) groups is 2. The molecule has 2 aliphatic heterocycles. The van der Waals surface area contributed by atoms with Gasteiger partial charge in [-0.1, -0.05) is 41.4 Å². The van der Waals surface area contributed by atoms with Crippen LogP contribution < -0.4 is 10.6 Å². The lowest BCUT2D eigenvalue weighted by atomic mass is 9.98. The van der Waals surface area contributed by atoms with E-state index in [0.717, 1.165) is 55.2 Å². The predicted octanol–water partition coefficient (Wildman–Crippen LogP) is 7.64. The first-order valence-corrected chi connectivity index (χ1v) is 16.6. The number of rotatable bonds is 2. The number of amides is 2. The Morgan fingerprint density at radius 2 is 1.12 bits per heavy atom. The maximum absolute atomic E-state index is 12.3. The first-order chi connectivity index (χ1) is 24.1. The molecular weight excluding hydrogens is 669 g/mol. The van der Waals surface area contributed by atoms with Gasteiger partial charge in [0, 0.05) is 63.7 Å². The molecular formula is C39H27Cl2N7O2. The van der Waals surface area contributed by atoms with E-state index >= 15 is 0 Å². The van der Waals surface area contributed by atoms with Gasteiger partial charge >= 0.3 is 0 Å². The average molecular weight is 697 g/mol. The maximum Gasteiger partial charge on any atom is 0.268 e. The first-order valence-electron chi connectivity index (χ1n) is 15.8. The van der Waals surface area contributed by atoms with Crippen LogP contribution in [0.1, 0.15) is 48.8 Å². The van der Waals surface area contributed by atoms with Crippen LogP contribution in [0.15, 0.2) is 66.7 Å². The van der Waals surface area contributed by atoms with Crippen molar-refractivity contribution < 1.29 is 9.59 Å². The summed E-state index contributed by atoms with van der Waals surface area (Å²) >= 11 is 12.4. The zero-order valence-corrected chi connectivity index (χ0v) is 28.5. The van der Waals surface area contributed by atoms with E-state index in [2.05, 4.69) is 28.8 Å².